The normalized spacial score (nSPS) is 19.1. The second kappa shape index (κ2) is 3.26. The highest BCUT2D eigenvalue weighted by atomic mass is 16.5. The van der Waals surface area contributed by atoms with Crippen molar-refractivity contribution in [3.05, 3.63) is 29.5 Å². The van der Waals surface area contributed by atoms with Gasteiger partial charge in [-0.2, -0.15) is 0 Å². The van der Waals surface area contributed by atoms with Crippen LogP contribution in [0.1, 0.15) is 38.1 Å². The Balaban J connectivity index is 2.20. The minimum Gasteiger partial charge on any atom is -0.483 e. The van der Waals surface area contributed by atoms with Gasteiger partial charge in [0.1, 0.15) is 11.4 Å². The molecule has 1 atom stereocenters. The zero-order valence-corrected chi connectivity index (χ0v) is 10.4. The molecule has 3 rings (SSSR count). The van der Waals surface area contributed by atoms with E-state index in [2.05, 4.69) is 26.0 Å². The van der Waals surface area contributed by atoms with Crippen LogP contribution < -0.4 is 10.5 Å². The predicted molar refractivity (Wildman–Crippen MR) is 67.2 cm³/mol. The van der Waals surface area contributed by atoms with E-state index in [9.17, 15) is 0 Å². The van der Waals surface area contributed by atoms with E-state index in [1.54, 1.807) is 0 Å². The van der Waals surface area contributed by atoms with Crippen molar-refractivity contribution in [3.63, 3.8) is 0 Å². The molecule has 0 fully saturated rings. The van der Waals surface area contributed by atoms with E-state index in [0.717, 1.165) is 28.9 Å². The molecule has 2 N–H and O–H groups in total. The van der Waals surface area contributed by atoms with Crippen LogP contribution in [-0.2, 0) is 6.42 Å². The summed E-state index contributed by atoms with van der Waals surface area (Å²) in [5.41, 5.74) is 7.75. The fourth-order valence-electron chi connectivity index (χ4n) is 2.38. The fourth-order valence-corrected chi connectivity index (χ4v) is 2.38. The first-order valence-corrected chi connectivity index (χ1v) is 5.96. The Labute approximate surface area is 101 Å². The van der Waals surface area contributed by atoms with Gasteiger partial charge >= 0.3 is 0 Å². The summed E-state index contributed by atoms with van der Waals surface area (Å²) in [6.07, 6.45) is 0.923. The number of rotatable bonds is 1. The van der Waals surface area contributed by atoms with Crippen LogP contribution in [0.15, 0.2) is 22.6 Å². The van der Waals surface area contributed by atoms with E-state index in [-0.39, 0.29) is 11.6 Å². The molecule has 0 bridgehead atoms. The average molecular weight is 231 g/mol. The zero-order chi connectivity index (χ0) is 12.2. The molecule has 1 aromatic carbocycles. The lowest BCUT2D eigenvalue weighted by Crippen LogP contribution is -2.24. The number of nitrogens with two attached hydrogens (primary N) is 1. The number of furan rings is 1. The Kier molecular flexibility index (Phi) is 2.05. The summed E-state index contributed by atoms with van der Waals surface area (Å²) < 4.78 is 11.8. The van der Waals surface area contributed by atoms with E-state index >= 15 is 0 Å². The maximum atomic E-state index is 5.97. The first-order chi connectivity index (χ1) is 7.96. The van der Waals surface area contributed by atoms with Gasteiger partial charge in [0.25, 0.3) is 0 Å². The predicted octanol–water partition coefficient (Wildman–Crippen LogP) is 3.17. The van der Waals surface area contributed by atoms with Crippen LogP contribution in [0.2, 0.25) is 0 Å². The lowest BCUT2D eigenvalue weighted by molar-refractivity contribution is 0.138. The molecule has 0 amide bonds. The molecule has 1 aromatic heterocycles. The first-order valence-electron chi connectivity index (χ1n) is 5.96. The Morgan fingerprint density at radius 2 is 2.12 bits per heavy atom. The molecule has 2 heterocycles. The van der Waals surface area contributed by atoms with E-state index < -0.39 is 0 Å². The smallest absolute Gasteiger partial charge is 0.176 e. The number of hydrogen-bond acceptors (Lipinski definition) is 3. The van der Waals surface area contributed by atoms with Crippen LogP contribution in [0.4, 0.5) is 0 Å². The summed E-state index contributed by atoms with van der Waals surface area (Å²) in [6, 6.07) is 6.10. The second-order valence-electron chi connectivity index (χ2n) is 5.45. The van der Waals surface area contributed by atoms with Gasteiger partial charge in [0.15, 0.2) is 11.3 Å². The minimum atomic E-state index is -0.141. The summed E-state index contributed by atoms with van der Waals surface area (Å²) in [5, 5.41) is 1.06. The fraction of sp³-hybridized carbons (Fsp3) is 0.429. The summed E-state index contributed by atoms with van der Waals surface area (Å²) in [6.45, 7) is 6.10. The van der Waals surface area contributed by atoms with Gasteiger partial charge in [0.2, 0.25) is 0 Å². The molecule has 0 saturated heterocycles. The maximum absolute atomic E-state index is 5.97. The number of fused-ring (bicyclic) bond motifs is 3. The van der Waals surface area contributed by atoms with Crippen molar-refractivity contribution >= 4 is 11.0 Å². The average Bonchev–Trinajstić information content (AvgIpc) is 2.75. The third-order valence-corrected chi connectivity index (χ3v) is 3.19. The molecule has 3 heteroatoms. The number of hydrogen-bond donors (Lipinski definition) is 1. The summed E-state index contributed by atoms with van der Waals surface area (Å²) in [7, 11) is 0. The van der Waals surface area contributed by atoms with Crippen LogP contribution >= 0.6 is 0 Å². The van der Waals surface area contributed by atoms with Crippen molar-refractivity contribution < 1.29 is 9.15 Å². The molecule has 3 nitrogen and oxygen atoms in total. The van der Waals surface area contributed by atoms with Crippen LogP contribution in [0.5, 0.6) is 5.75 Å². The molecule has 17 heavy (non-hydrogen) atoms. The van der Waals surface area contributed by atoms with Crippen molar-refractivity contribution in [3.8, 4) is 5.75 Å². The third kappa shape index (κ3) is 1.62. The lowest BCUT2D eigenvalue weighted by atomic mass is 10.0. The summed E-state index contributed by atoms with van der Waals surface area (Å²) >= 11 is 0. The maximum Gasteiger partial charge on any atom is 0.176 e. The van der Waals surface area contributed by atoms with E-state index in [4.69, 9.17) is 14.9 Å². The van der Waals surface area contributed by atoms with E-state index in [1.807, 2.05) is 13.0 Å². The highest BCUT2D eigenvalue weighted by molar-refractivity contribution is 5.86. The van der Waals surface area contributed by atoms with Crippen molar-refractivity contribution in [1.82, 2.24) is 0 Å². The topological polar surface area (TPSA) is 48.4 Å². The van der Waals surface area contributed by atoms with Gasteiger partial charge in [0.05, 0.1) is 6.04 Å². The zero-order valence-electron chi connectivity index (χ0n) is 10.4. The van der Waals surface area contributed by atoms with Gasteiger partial charge in [-0.3, -0.25) is 0 Å². The van der Waals surface area contributed by atoms with Gasteiger partial charge in [-0.05, 0) is 26.8 Å². The molecular weight excluding hydrogens is 214 g/mol. The van der Waals surface area contributed by atoms with Crippen molar-refractivity contribution in [2.75, 3.05) is 0 Å². The van der Waals surface area contributed by atoms with Crippen LogP contribution in [0, 0.1) is 0 Å². The molecule has 0 aliphatic carbocycles. The van der Waals surface area contributed by atoms with Gasteiger partial charge in [0, 0.05) is 17.4 Å². The molecule has 1 aliphatic rings. The SMILES string of the molecule is CC(N)c1cc2ccc3c(c2o1)OC(C)(C)C3. The highest BCUT2D eigenvalue weighted by Gasteiger charge is 2.32. The van der Waals surface area contributed by atoms with Gasteiger partial charge in [-0.25, -0.2) is 0 Å². The molecule has 90 valence electrons. The van der Waals surface area contributed by atoms with Crippen LogP contribution in [0.3, 0.4) is 0 Å². The molecule has 0 spiro atoms. The van der Waals surface area contributed by atoms with E-state index in [0.29, 0.717) is 0 Å². The summed E-state index contributed by atoms with van der Waals surface area (Å²) in [4.78, 5) is 0. The van der Waals surface area contributed by atoms with Gasteiger partial charge in [-0.1, -0.05) is 12.1 Å². The first kappa shape index (κ1) is 10.7. The molecule has 1 aliphatic heterocycles. The third-order valence-electron chi connectivity index (χ3n) is 3.19. The van der Waals surface area contributed by atoms with Gasteiger partial charge < -0.3 is 14.9 Å². The molecule has 2 aromatic rings. The van der Waals surface area contributed by atoms with Gasteiger partial charge in [-0.15, -0.1) is 0 Å². The van der Waals surface area contributed by atoms with E-state index in [1.165, 1.54) is 5.56 Å². The van der Waals surface area contributed by atoms with Crippen LogP contribution in [0.25, 0.3) is 11.0 Å². The Morgan fingerprint density at radius 3 is 2.82 bits per heavy atom. The molecular formula is C14H17NO2. The Bertz CT molecular complexity index is 581. The van der Waals surface area contributed by atoms with Crippen molar-refractivity contribution in [2.45, 2.75) is 38.8 Å². The monoisotopic (exact) mass is 231 g/mol. The number of ether oxygens (including phenoxy) is 1. The molecule has 0 radical (unpaired) electrons. The standard InChI is InChI=1S/C14H17NO2/c1-8(15)11-6-9-4-5-10-7-14(2,3)17-13(10)12(9)16-11/h4-6,8H,7,15H2,1-3H3. The molecule has 1 unspecified atom stereocenters. The Hall–Kier alpha value is -1.48. The quantitative estimate of drug-likeness (QED) is 0.820. The summed E-state index contributed by atoms with van der Waals surface area (Å²) in [5.74, 6) is 1.70. The number of benzene rings is 1. The van der Waals surface area contributed by atoms with Crippen LogP contribution in [-0.4, -0.2) is 5.60 Å². The second-order valence-corrected chi connectivity index (χ2v) is 5.45. The van der Waals surface area contributed by atoms with Crippen molar-refractivity contribution in [1.29, 1.82) is 0 Å². The van der Waals surface area contributed by atoms with Crippen molar-refractivity contribution in [2.24, 2.45) is 5.73 Å². The largest absolute Gasteiger partial charge is 0.483 e. The lowest BCUT2D eigenvalue weighted by Gasteiger charge is -2.16. The Morgan fingerprint density at radius 1 is 1.35 bits per heavy atom. The minimum absolute atomic E-state index is 0.0903. The highest BCUT2D eigenvalue weighted by Crippen LogP contribution is 2.41. The molecule has 0 saturated carbocycles.